The number of nitrogens with one attached hydrogen (secondary N) is 1. The Kier molecular flexibility index (Phi) is 6.69. The molecule has 3 rings (SSSR count). The van der Waals surface area contributed by atoms with Crippen molar-refractivity contribution in [1.29, 1.82) is 0 Å². The molecule has 1 N–H and O–H groups in total. The zero-order valence-corrected chi connectivity index (χ0v) is 18.1. The van der Waals surface area contributed by atoms with Crippen LogP contribution in [0.4, 0.5) is 11.4 Å². The minimum Gasteiger partial charge on any atom is -0.451 e. The highest BCUT2D eigenvalue weighted by Crippen LogP contribution is 2.20. The molecule has 0 saturated heterocycles. The molecule has 0 saturated carbocycles. The van der Waals surface area contributed by atoms with E-state index in [-0.39, 0.29) is 11.3 Å². The molecule has 1 amide bonds. The number of carbonyl (C=O) groups is 2. The summed E-state index contributed by atoms with van der Waals surface area (Å²) >= 11 is 0. The summed E-state index contributed by atoms with van der Waals surface area (Å²) in [5.41, 5.74) is 1.35. The van der Waals surface area contributed by atoms with Gasteiger partial charge in [0.05, 0.1) is 5.39 Å². The van der Waals surface area contributed by atoms with Crippen LogP contribution in [0.5, 0.6) is 0 Å². The average Bonchev–Trinajstić information content (AvgIpc) is 2.76. The number of aryl methyl sites for hydroxylation is 1. The van der Waals surface area contributed by atoms with Crippen molar-refractivity contribution in [3.63, 3.8) is 0 Å². The van der Waals surface area contributed by atoms with Crippen LogP contribution in [0.25, 0.3) is 10.8 Å². The average molecular weight is 422 g/mol. The number of fused-ring (bicyclic) bond motifs is 1. The smallest absolute Gasteiger partial charge is 0.359 e. The van der Waals surface area contributed by atoms with Crippen LogP contribution in [-0.2, 0) is 16.6 Å². The largest absolute Gasteiger partial charge is 0.451 e. The molecule has 0 aliphatic rings. The molecule has 2 aromatic carbocycles. The normalized spacial score (nSPS) is 10.9. The van der Waals surface area contributed by atoms with Crippen LogP contribution in [0.3, 0.4) is 0 Å². The Morgan fingerprint density at radius 2 is 1.74 bits per heavy atom. The van der Waals surface area contributed by atoms with E-state index in [1.54, 1.807) is 24.3 Å². The van der Waals surface area contributed by atoms with Crippen LogP contribution in [0.2, 0.25) is 0 Å². The lowest BCUT2D eigenvalue weighted by Gasteiger charge is -2.27. The summed E-state index contributed by atoms with van der Waals surface area (Å²) in [7, 11) is 1.46. The zero-order valence-electron chi connectivity index (χ0n) is 18.1. The SMILES string of the molecule is CCN(c1ccc(NC(=O)COC(=O)c2nn(C)c(=O)c3ccccc23)cc1)C(C)C. The van der Waals surface area contributed by atoms with Crippen LogP contribution >= 0.6 is 0 Å². The second-order valence-corrected chi connectivity index (χ2v) is 7.37. The number of ether oxygens (including phenoxy) is 1. The molecule has 0 atom stereocenters. The van der Waals surface area contributed by atoms with Crippen molar-refractivity contribution in [3.8, 4) is 0 Å². The highest BCUT2D eigenvalue weighted by Gasteiger charge is 2.18. The highest BCUT2D eigenvalue weighted by atomic mass is 16.5. The molecule has 0 bridgehead atoms. The topological polar surface area (TPSA) is 93.5 Å². The summed E-state index contributed by atoms with van der Waals surface area (Å²) < 4.78 is 6.22. The molecule has 31 heavy (non-hydrogen) atoms. The zero-order chi connectivity index (χ0) is 22.5. The maximum absolute atomic E-state index is 12.5. The number of amides is 1. The third-order valence-electron chi connectivity index (χ3n) is 4.93. The van der Waals surface area contributed by atoms with Crippen molar-refractivity contribution < 1.29 is 14.3 Å². The summed E-state index contributed by atoms with van der Waals surface area (Å²) in [6.07, 6.45) is 0. The Morgan fingerprint density at radius 1 is 1.10 bits per heavy atom. The number of esters is 1. The van der Waals surface area contributed by atoms with E-state index in [0.717, 1.165) is 16.9 Å². The predicted molar refractivity (Wildman–Crippen MR) is 120 cm³/mol. The monoisotopic (exact) mass is 422 g/mol. The standard InChI is InChI=1S/C23H26N4O4/c1-5-27(15(2)3)17-12-10-16(11-13-17)24-20(28)14-31-23(30)21-18-8-6-7-9-19(18)22(29)26(4)25-21/h6-13,15H,5,14H2,1-4H3,(H,24,28). The summed E-state index contributed by atoms with van der Waals surface area (Å²) in [5, 5.41) is 7.46. The Balaban J connectivity index is 1.65. The fourth-order valence-electron chi connectivity index (χ4n) is 3.43. The van der Waals surface area contributed by atoms with E-state index in [9.17, 15) is 14.4 Å². The Morgan fingerprint density at radius 3 is 2.35 bits per heavy atom. The van der Waals surface area contributed by atoms with Crippen LogP contribution < -0.4 is 15.8 Å². The molecule has 0 fully saturated rings. The molecule has 0 unspecified atom stereocenters. The minimum absolute atomic E-state index is 0.0109. The summed E-state index contributed by atoms with van der Waals surface area (Å²) in [6.45, 7) is 6.75. The summed E-state index contributed by atoms with van der Waals surface area (Å²) in [4.78, 5) is 39.2. The van der Waals surface area contributed by atoms with Gasteiger partial charge in [-0.3, -0.25) is 9.59 Å². The first-order valence-electron chi connectivity index (χ1n) is 10.1. The molecule has 0 spiro atoms. The van der Waals surface area contributed by atoms with Crippen molar-refractivity contribution in [2.45, 2.75) is 26.8 Å². The predicted octanol–water partition coefficient (Wildman–Crippen LogP) is 2.96. The molecule has 1 aromatic heterocycles. The van der Waals surface area contributed by atoms with Gasteiger partial charge >= 0.3 is 5.97 Å². The molecular weight excluding hydrogens is 396 g/mol. The molecule has 0 aliphatic carbocycles. The second-order valence-electron chi connectivity index (χ2n) is 7.37. The van der Waals surface area contributed by atoms with E-state index < -0.39 is 18.5 Å². The second kappa shape index (κ2) is 9.42. The van der Waals surface area contributed by atoms with E-state index in [0.29, 0.717) is 22.5 Å². The van der Waals surface area contributed by atoms with Gasteiger partial charge in [0.1, 0.15) is 0 Å². The molecule has 162 valence electrons. The van der Waals surface area contributed by atoms with E-state index in [1.165, 1.54) is 7.05 Å². The Bertz CT molecular complexity index is 1150. The van der Waals surface area contributed by atoms with Gasteiger partial charge in [-0.15, -0.1) is 0 Å². The molecule has 3 aromatic rings. The van der Waals surface area contributed by atoms with Gasteiger partial charge in [-0.2, -0.15) is 5.10 Å². The molecule has 1 heterocycles. The molecule has 0 aliphatic heterocycles. The number of rotatable bonds is 7. The van der Waals surface area contributed by atoms with Crippen LogP contribution in [0.15, 0.2) is 53.3 Å². The van der Waals surface area contributed by atoms with Crippen LogP contribution in [-0.4, -0.2) is 40.9 Å². The summed E-state index contributed by atoms with van der Waals surface area (Å²) in [5.74, 6) is -1.24. The number of aromatic nitrogens is 2. The van der Waals surface area contributed by atoms with E-state index in [4.69, 9.17) is 4.74 Å². The number of hydrogen-bond acceptors (Lipinski definition) is 6. The van der Waals surface area contributed by atoms with Gasteiger partial charge in [0.25, 0.3) is 11.5 Å². The first kappa shape index (κ1) is 22.0. The van der Waals surface area contributed by atoms with Gasteiger partial charge in [0.15, 0.2) is 12.3 Å². The van der Waals surface area contributed by atoms with Gasteiger partial charge in [0.2, 0.25) is 0 Å². The number of anilines is 2. The third kappa shape index (κ3) is 4.91. The molecule has 8 nitrogen and oxygen atoms in total. The first-order valence-corrected chi connectivity index (χ1v) is 10.1. The Labute approximate surface area is 180 Å². The van der Waals surface area contributed by atoms with Crippen molar-refractivity contribution in [2.75, 3.05) is 23.4 Å². The highest BCUT2D eigenvalue weighted by molar-refractivity contribution is 6.03. The van der Waals surface area contributed by atoms with Gasteiger partial charge in [-0.05, 0) is 51.1 Å². The van der Waals surface area contributed by atoms with Crippen LogP contribution in [0, 0.1) is 0 Å². The third-order valence-corrected chi connectivity index (χ3v) is 4.93. The quantitative estimate of drug-likeness (QED) is 0.589. The van der Waals surface area contributed by atoms with Crippen molar-refractivity contribution in [1.82, 2.24) is 9.78 Å². The number of benzene rings is 2. The number of hydrogen-bond donors (Lipinski definition) is 1. The van der Waals surface area contributed by atoms with Crippen molar-refractivity contribution >= 4 is 34.0 Å². The first-order chi connectivity index (χ1) is 14.8. The Hall–Kier alpha value is -3.68. The van der Waals surface area contributed by atoms with Gasteiger partial charge < -0.3 is 15.0 Å². The fourth-order valence-corrected chi connectivity index (χ4v) is 3.43. The minimum atomic E-state index is -0.771. The van der Waals surface area contributed by atoms with Gasteiger partial charge in [0, 0.05) is 36.4 Å². The van der Waals surface area contributed by atoms with E-state index in [2.05, 4.69) is 36.1 Å². The van der Waals surface area contributed by atoms with E-state index in [1.807, 2.05) is 24.3 Å². The fraction of sp³-hybridized carbons (Fsp3) is 0.304. The van der Waals surface area contributed by atoms with Crippen molar-refractivity contribution in [2.24, 2.45) is 7.05 Å². The van der Waals surface area contributed by atoms with Crippen LogP contribution in [0.1, 0.15) is 31.3 Å². The lowest BCUT2D eigenvalue weighted by molar-refractivity contribution is -0.119. The maximum atomic E-state index is 12.5. The van der Waals surface area contributed by atoms with Gasteiger partial charge in [-0.1, -0.05) is 18.2 Å². The van der Waals surface area contributed by atoms with E-state index >= 15 is 0 Å². The number of carbonyl (C=O) groups excluding carboxylic acids is 2. The maximum Gasteiger partial charge on any atom is 0.359 e. The van der Waals surface area contributed by atoms with Gasteiger partial charge in [-0.25, -0.2) is 9.48 Å². The summed E-state index contributed by atoms with van der Waals surface area (Å²) in [6, 6.07) is 14.5. The molecule has 8 heteroatoms. The van der Waals surface area contributed by atoms with Crippen molar-refractivity contribution in [3.05, 3.63) is 64.6 Å². The number of nitrogens with zero attached hydrogens (tertiary/aromatic N) is 3. The lowest BCUT2D eigenvalue weighted by Crippen LogP contribution is -2.30. The molecule has 0 radical (unpaired) electrons. The lowest BCUT2D eigenvalue weighted by atomic mass is 10.1. The molecular formula is C23H26N4O4.